The molecular weight excluding hydrogens is 481 g/mol. The number of quaternary nitrogens is 1. The summed E-state index contributed by atoms with van der Waals surface area (Å²) in [5.41, 5.74) is 2.52. The maximum absolute atomic E-state index is 13.2. The third-order valence-corrected chi connectivity index (χ3v) is 7.61. The van der Waals surface area contributed by atoms with E-state index >= 15 is 0 Å². The quantitative estimate of drug-likeness (QED) is 0.560. The Balaban J connectivity index is 1.55. The molecule has 33 heavy (non-hydrogen) atoms. The maximum Gasteiger partial charge on any atom is 0.255 e. The average Bonchev–Trinajstić information content (AvgIpc) is 2.80. The van der Waals surface area contributed by atoms with Crippen LogP contribution in [0.15, 0.2) is 77.7 Å². The van der Waals surface area contributed by atoms with E-state index in [1.807, 2.05) is 36.4 Å². The number of piperazine rings is 1. The second kappa shape index (κ2) is 9.83. The van der Waals surface area contributed by atoms with E-state index in [9.17, 15) is 13.2 Å². The first kappa shape index (κ1) is 23.7. The third-order valence-electron chi connectivity index (χ3n) is 5.93. The van der Waals surface area contributed by atoms with Crippen LogP contribution in [0.3, 0.4) is 0 Å². The van der Waals surface area contributed by atoms with Crippen molar-refractivity contribution in [1.29, 1.82) is 0 Å². The Morgan fingerprint density at radius 2 is 1.39 bits per heavy atom. The summed E-state index contributed by atoms with van der Waals surface area (Å²) in [7, 11) is -4.08. The summed E-state index contributed by atoms with van der Waals surface area (Å²) < 4.78 is 23.7. The van der Waals surface area contributed by atoms with Gasteiger partial charge in [0.15, 0.2) is 0 Å². The number of amides is 1. The predicted molar refractivity (Wildman–Crippen MR) is 129 cm³/mol. The number of nitrogens with zero attached hydrogens (tertiary/aromatic N) is 1. The van der Waals surface area contributed by atoms with Gasteiger partial charge >= 0.3 is 0 Å². The predicted octanol–water partition coefficient (Wildman–Crippen LogP) is 2.77. The average molecular weight is 505 g/mol. The number of hydrogen-bond donors (Lipinski definition) is 2. The lowest BCUT2D eigenvalue weighted by molar-refractivity contribution is -0.929. The number of sulfonamides is 1. The van der Waals surface area contributed by atoms with Gasteiger partial charge in [-0.05, 0) is 12.1 Å². The first-order chi connectivity index (χ1) is 15.8. The van der Waals surface area contributed by atoms with Crippen molar-refractivity contribution in [3.05, 3.63) is 99.5 Å². The molecule has 1 fully saturated rings. The summed E-state index contributed by atoms with van der Waals surface area (Å²) in [5, 5.41) is 5.22. The number of benzene rings is 3. The largest absolute Gasteiger partial charge is 0.327 e. The second-order valence-corrected chi connectivity index (χ2v) is 10.4. The Bertz CT molecular complexity index is 1210. The molecule has 1 saturated heterocycles. The molecule has 0 unspecified atom stereocenters. The van der Waals surface area contributed by atoms with Crippen LogP contribution in [0.1, 0.15) is 27.5 Å². The van der Waals surface area contributed by atoms with Gasteiger partial charge in [-0.1, -0.05) is 83.9 Å². The van der Waals surface area contributed by atoms with E-state index in [1.54, 1.807) is 4.90 Å². The van der Waals surface area contributed by atoms with Crippen molar-refractivity contribution in [3.63, 3.8) is 0 Å². The molecule has 0 aliphatic carbocycles. The Morgan fingerprint density at radius 1 is 0.879 bits per heavy atom. The van der Waals surface area contributed by atoms with Crippen LogP contribution < -0.4 is 10.0 Å². The number of hydrogen-bond acceptors (Lipinski definition) is 3. The summed E-state index contributed by atoms with van der Waals surface area (Å²) in [5.74, 6) is -0.336. The van der Waals surface area contributed by atoms with Crippen molar-refractivity contribution in [2.45, 2.75) is 10.9 Å². The van der Waals surface area contributed by atoms with E-state index in [1.165, 1.54) is 22.1 Å². The number of carbonyl (C=O) groups is 1. The number of nitrogens with two attached hydrogens (primary N) is 1. The van der Waals surface area contributed by atoms with Crippen LogP contribution in [0.5, 0.6) is 0 Å². The molecule has 0 saturated carbocycles. The Labute approximate surface area is 203 Å². The molecule has 1 aliphatic heterocycles. The van der Waals surface area contributed by atoms with Gasteiger partial charge in [0.25, 0.3) is 5.91 Å². The monoisotopic (exact) mass is 504 g/mol. The number of carbonyl (C=O) groups excluding carboxylic acids is 1. The molecule has 6 nitrogen and oxygen atoms in total. The van der Waals surface area contributed by atoms with Crippen LogP contribution in [0.25, 0.3) is 0 Å². The van der Waals surface area contributed by atoms with Crippen molar-refractivity contribution in [2.75, 3.05) is 26.2 Å². The molecule has 3 aromatic rings. The first-order valence-electron chi connectivity index (χ1n) is 10.5. The summed E-state index contributed by atoms with van der Waals surface area (Å²) in [4.78, 5) is 15.9. The van der Waals surface area contributed by atoms with Crippen molar-refractivity contribution in [2.24, 2.45) is 5.14 Å². The van der Waals surface area contributed by atoms with E-state index in [2.05, 4.69) is 24.3 Å². The summed E-state index contributed by atoms with van der Waals surface area (Å²) in [6.07, 6.45) is 0. The molecular formula is C24H24Cl2N3O3S+. The summed E-state index contributed by atoms with van der Waals surface area (Å²) >= 11 is 12.2. The fraction of sp³-hybridized carbons (Fsp3) is 0.208. The lowest BCUT2D eigenvalue weighted by Crippen LogP contribution is -3.15. The molecule has 1 amide bonds. The summed E-state index contributed by atoms with van der Waals surface area (Å²) in [6, 6.07) is 23.2. The van der Waals surface area contributed by atoms with Crippen LogP contribution in [-0.4, -0.2) is 45.4 Å². The van der Waals surface area contributed by atoms with Gasteiger partial charge in [0, 0.05) is 11.1 Å². The maximum atomic E-state index is 13.2. The molecule has 9 heteroatoms. The first-order valence-corrected chi connectivity index (χ1v) is 12.8. The fourth-order valence-corrected chi connectivity index (χ4v) is 5.72. The lowest BCUT2D eigenvalue weighted by Gasteiger charge is -2.37. The zero-order valence-corrected chi connectivity index (χ0v) is 20.1. The minimum Gasteiger partial charge on any atom is -0.327 e. The van der Waals surface area contributed by atoms with Crippen LogP contribution in [0.2, 0.25) is 10.0 Å². The van der Waals surface area contributed by atoms with Gasteiger partial charge in [-0.15, -0.1) is 0 Å². The van der Waals surface area contributed by atoms with Crippen molar-refractivity contribution >= 4 is 39.1 Å². The molecule has 0 aromatic heterocycles. The molecule has 172 valence electrons. The molecule has 1 heterocycles. The smallest absolute Gasteiger partial charge is 0.255 e. The van der Waals surface area contributed by atoms with Gasteiger partial charge in [0.1, 0.15) is 10.9 Å². The van der Waals surface area contributed by atoms with E-state index < -0.39 is 10.0 Å². The molecule has 0 spiro atoms. The molecule has 0 bridgehead atoms. The molecule has 0 radical (unpaired) electrons. The highest BCUT2D eigenvalue weighted by atomic mass is 35.5. The van der Waals surface area contributed by atoms with Gasteiger partial charge in [-0.3, -0.25) is 4.79 Å². The zero-order valence-electron chi connectivity index (χ0n) is 17.7. The third kappa shape index (κ3) is 5.23. The van der Waals surface area contributed by atoms with Gasteiger partial charge in [-0.25, -0.2) is 13.6 Å². The summed E-state index contributed by atoms with van der Waals surface area (Å²) in [6.45, 7) is 2.48. The number of rotatable bonds is 5. The van der Waals surface area contributed by atoms with Crippen LogP contribution in [0.4, 0.5) is 0 Å². The van der Waals surface area contributed by atoms with Crippen LogP contribution in [-0.2, 0) is 10.0 Å². The van der Waals surface area contributed by atoms with Gasteiger partial charge in [0.05, 0.1) is 41.8 Å². The van der Waals surface area contributed by atoms with E-state index in [-0.39, 0.29) is 32.5 Å². The fourth-order valence-electron chi connectivity index (χ4n) is 4.32. The molecule has 0 atom stereocenters. The van der Waals surface area contributed by atoms with Crippen LogP contribution >= 0.6 is 23.2 Å². The number of primary sulfonamides is 1. The van der Waals surface area contributed by atoms with Gasteiger partial charge in [-0.2, -0.15) is 0 Å². The topological polar surface area (TPSA) is 84.9 Å². The second-order valence-electron chi connectivity index (χ2n) is 8.01. The number of halogens is 2. The highest BCUT2D eigenvalue weighted by Crippen LogP contribution is 2.29. The minimum absolute atomic E-state index is 0.0798. The Hall–Kier alpha value is -2.42. The van der Waals surface area contributed by atoms with E-state index in [0.717, 1.165) is 19.2 Å². The minimum atomic E-state index is -4.08. The van der Waals surface area contributed by atoms with Crippen molar-refractivity contribution in [3.8, 4) is 0 Å². The zero-order chi connectivity index (χ0) is 23.6. The van der Waals surface area contributed by atoms with Gasteiger partial charge in [0.2, 0.25) is 10.0 Å². The molecule has 1 aliphatic rings. The van der Waals surface area contributed by atoms with E-state index in [4.69, 9.17) is 28.3 Å². The highest BCUT2D eigenvalue weighted by Gasteiger charge is 2.32. The highest BCUT2D eigenvalue weighted by molar-refractivity contribution is 7.89. The van der Waals surface area contributed by atoms with E-state index in [0.29, 0.717) is 13.1 Å². The lowest BCUT2D eigenvalue weighted by atomic mass is 9.96. The van der Waals surface area contributed by atoms with Gasteiger partial charge < -0.3 is 9.80 Å². The molecule has 4 rings (SSSR count). The number of nitrogens with one attached hydrogen (secondary N) is 1. The Kier molecular flexibility index (Phi) is 7.07. The van der Waals surface area contributed by atoms with Crippen molar-refractivity contribution < 1.29 is 18.1 Å². The normalized spacial score (nSPS) is 15.1. The molecule has 3 aromatic carbocycles. The Morgan fingerprint density at radius 3 is 1.88 bits per heavy atom. The SMILES string of the molecule is NS(=O)(=O)c1cc(C(=O)N2CC[NH+](C(c3ccccc3)c3ccccc3)CC2)c(Cl)cc1Cl. The van der Waals surface area contributed by atoms with Crippen LogP contribution in [0, 0.1) is 0 Å². The molecule has 3 N–H and O–H groups in total. The standard InChI is InChI=1S/C24H23Cl2N3O3S/c25-20-16-21(26)22(33(27,31)32)15-19(20)24(30)29-13-11-28(12-14-29)23(17-7-3-1-4-8-17)18-9-5-2-6-10-18/h1-10,15-16,23H,11-14H2,(H2,27,31,32)/p+1. The van der Waals surface area contributed by atoms with Crippen molar-refractivity contribution in [1.82, 2.24) is 4.90 Å².